The van der Waals surface area contributed by atoms with Crippen LogP contribution in [0.5, 0.6) is 17.2 Å². The van der Waals surface area contributed by atoms with E-state index in [1.165, 1.54) is 45.2 Å². The molecule has 0 aliphatic carbocycles. The van der Waals surface area contributed by atoms with Crippen LogP contribution in [0, 0.1) is 5.82 Å². The van der Waals surface area contributed by atoms with E-state index >= 15 is 0 Å². The number of carbonyl (C=O) groups is 2. The molecule has 1 N–H and O–H groups in total. The summed E-state index contributed by atoms with van der Waals surface area (Å²) >= 11 is 1.47. The first-order chi connectivity index (χ1) is 15.8. The van der Waals surface area contributed by atoms with Gasteiger partial charge in [-0.3, -0.25) is 9.59 Å². The molecule has 178 valence electrons. The molecular formula is C24H29FN2O5S. The standard InChI is InChI=1S/C24H29FN2O5S/c1-6-14(2)26-22(28)18-13-33-24(15-7-9-17(25)10-8-15)27(18)23(29)16-11-19(30-3)21(32-5)20(12-16)31-4/h7-12,14,18,24H,6,13H2,1-5H3,(H,26,28). The van der Waals surface area contributed by atoms with Gasteiger partial charge in [0, 0.05) is 17.4 Å². The van der Waals surface area contributed by atoms with E-state index in [1.807, 2.05) is 13.8 Å². The average Bonchev–Trinajstić information content (AvgIpc) is 3.28. The summed E-state index contributed by atoms with van der Waals surface area (Å²) < 4.78 is 29.7. The van der Waals surface area contributed by atoms with Crippen molar-refractivity contribution in [3.8, 4) is 17.2 Å². The van der Waals surface area contributed by atoms with Crippen molar-refractivity contribution in [2.75, 3.05) is 27.1 Å². The van der Waals surface area contributed by atoms with Crippen LogP contribution in [0.1, 0.15) is 41.6 Å². The van der Waals surface area contributed by atoms with Crippen molar-refractivity contribution in [3.05, 3.63) is 53.3 Å². The minimum atomic E-state index is -0.689. The zero-order valence-electron chi connectivity index (χ0n) is 19.4. The number of hydrogen-bond acceptors (Lipinski definition) is 6. The van der Waals surface area contributed by atoms with E-state index < -0.39 is 11.4 Å². The molecule has 1 saturated heterocycles. The Bertz CT molecular complexity index is 976. The largest absolute Gasteiger partial charge is 0.493 e. The fourth-order valence-corrected chi connectivity index (χ4v) is 5.06. The number of hydrogen-bond donors (Lipinski definition) is 1. The zero-order valence-corrected chi connectivity index (χ0v) is 20.2. The molecule has 1 fully saturated rings. The van der Waals surface area contributed by atoms with Crippen molar-refractivity contribution < 1.29 is 28.2 Å². The molecule has 2 amide bonds. The molecule has 2 aromatic carbocycles. The lowest BCUT2D eigenvalue weighted by Gasteiger charge is -2.30. The van der Waals surface area contributed by atoms with Gasteiger partial charge < -0.3 is 24.4 Å². The number of amides is 2. The van der Waals surface area contributed by atoms with Gasteiger partial charge in [0.25, 0.3) is 5.91 Å². The summed E-state index contributed by atoms with van der Waals surface area (Å²) in [6, 6.07) is 8.40. The number of thioether (sulfide) groups is 1. The normalized spacial score (nSPS) is 18.5. The zero-order chi connectivity index (χ0) is 24.1. The van der Waals surface area contributed by atoms with E-state index in [1.54, 1.807) is 29.2 Å². The van der Waals surface area contributed by atoms with Crippen LogP contribution in [0.3, 0.4) is 0 Å². The molecule has 2 aromatic rings. The lowest BCUT2D eigenvalue weighted by molar-refractivity contribution is -0.125. The third-order valence-electron chi connectivity index (χ3n) is 5.61. The molecule has 0 aromatic heterocycles. The summed E-state index contributed by atoms with van der Waals surface area (Å²) in [5.74, 6) is 0.515. The van der Waals surface area contributed by atoms with Gasteiger partial charge in [-0.15, -0.1) is 11.8 Å². The average molecular weight is 477 g/mol. The molecule has 33 heavy (non-hydrogen) atoms. The van der Waals surface area contributed by atoms with E-state index in [4.69, 9.17) is 14.2 Å². The van der Waals surface area contributed by atoms with Crippen LogP contribution in [0.4, 0.5) is 4.39 Å². The van der Waals surface area contributed by atoms with Gasteiger partial charge in [-0.25, -0.2) is 4.39 Å². The molecule has 7 nitrogen and oxygen atoms in total. The summed E-state index contributed by atoms with van der Waals surface area (Å²) in [5, 5.41) is 2.52. The minimum Gasteiger partial charge on any atom is -0.493 e. The monoisotopic (exact) mass is 476 g/mol. The molecule has 1 aliphatic rings. The van der Waals surface area contributed by atoms with Crippen molar-refractivity contribution >= 4 is 23.6 Å². The number of benzene rings is 2. The SMILES string of the molecule is CCC(C)NC(=O)C1CSC(c2ccc(F)cc2)N1C(=O)c1cc(OC)c(OC)c(OC)c1. The number of nitrogens with one attached hydrogen (secondary N) is 1. The maximum Gasteiger partial charge on any atom is 0.256 e. The molecular weight excluding hydrogens is 447 g/mol. The first kappa shape index (κ1) is 24.7. The Morgan fingerprint density at radius 2 is 1.73 bits per heavy atom. The highest BCUT2D eigenvalue weighted by Crippen LogP contribution is 2.44. The molecule has 1 heterocycles. The molecule has 0 radical (unpaired) electrons. The molecule has 0 bridgehead atoms. The number of ether oxygens (including phenoxy) is 3. The second-order valence-electron chi connectivity index (χ2n) is 7.70. The molecule has 9 heteroatoms. The first-order valence-electron chi connectivity index (χ1n) is 10.6. The molecule has 3 rings (SSSR count). The number of nitrogens with zero attached hydrogens (tertiary/aromatic N) is 1. The van der Waals surface area contributed by atoms with Gasteiger partial charge in [-0.05, 0) is 43.2 Å². The van der Waals surface area contributed by atoms with Crippen LogP contribution in [-0.4, -0.2) is 55.9 Å². The minimum absolute atomic E-state index is 0.0227. The van der Waals surface area contributed by atoms with E-state index in [0.29, 0.717) is 28.6 Å². The maximum absolute atomic E-state index is 13.8. The number of rotatable bonds is 8. The molecule has 3 unspecified atom stereocenters. The Hall–Kier alpha value is -2.94. The highest BCUT2D eigenvalue weighted by atomic mass is 32.2. The number of methoxy groups -OCH3 is 3. The third kappa shape index (κ3) is 5.19. The number of halogens is 1. The van der Waals surface area contributed by atoms with Crippen molar-refractivity contribution in [2.45, 2.75) is 37.7 Å². The quantitative estimate of drug-likeness (QED) is 0.620. The van der Waals surface area contributed by atoms with Gasteiger partial charge in [0.2, 0.25) is 11.7 Å². The lowest BCUT2D eigenvalue weighted by Crippen LogP contribution is -2.49. The van der Waals surface area contributed by atoms with Crippen molar-refractivity contribution in [2.24, 2.45) is 0 Å². The van der Waals surface area contributed by atoms with Gasteiger partial charge in [-0.2, -0.15) is 0 Å². The predicted molar refractivity (Wildman–Crippen MR) is 126 cm³/mol. The van der Waals surface area contributed by atoms with Crippen molar-refractivity contribution in [1.29, 1.82) is 0 Å². The van der Waals surface area contributed by atoms with Crippen LogP contribution in [0.2, 0.25) is 0 Å². The Morgan fingerprint density at radius 3 is 2.24 bits per heavy atom. The van der Waals surface area contributed by atoms with Crippen molar-refractivity contribution in [3.63, 3.8) is 0 Å². The van der Waals surface area contributed by atoms with E-state index in [0.717, 1.165) is 12.0 Å². The van der Waals surface area contributed by atoms with Crippen LogP contribution in [0.25, 0.3) is 0 Å². The van der Waals surface area contributed by atoms with Crippen LogP contribution in [-0.2, 0) is 4.79 Å². The molecule has 3 atom stereocenters. The maximum atomic E-state index is 13.8. The summed E-state index contributed by atoms with van der Waals surface area (Å²) in [7, 11) is 4.43. The summed E-state index contributed by atoms with van der Waals surface area (Å²) in [6.07, 6.45) is 0.772. The predicted octanol–water partition coefficient (Wildman–Crippen LogP) is 4.02. The molecule has 0 saturated carbocycles. The lowest BCUT2D eigenvalue weighted by atomic mass is 10.1. The van der Waals surface area contributed by atoms with Gasteiger partial charge in [0.15, 0.2) is 11.5 Å². The fourth-order valence-electron chi connectivity index (χ4n) is 3.64. The molecule has 1 aliphatic heterocycles. The van der Waals surface area contributed by atoms with Crippen LogP contribution in [0.15, 0.2) is 36.4 Å². The van der Waals surface area contributed by atoms with Gasteiger partial charge >= 0.3 is 0 Å². The van der Waals surface area contributed by atoms with Gasteiger partial charge in [-0.1, -0.05) is 19.1 Å². The third-order valence-corrected chi connectivity index (χ3v) is 6.93. The van der Waals surface area contributed by atoms with Gasteiger partial charge in [0.1, 0.15) is 17.2 Å². The Kier molecular flexibility index (Phi) is 8.07. The van der Waals surface area contributed by atoms with Crippen molar-refractivity contribution in [1.82, 2.24) is 10.2 Å². The highest BCUT2D eigenvalue weighted by Gasteiger charge is 2.43. The number of carbonyl (C=O) groups excluding carboxylic acids is 2. The molecule has 0 spiro atoms. The van der Waals surface area contributed by atoms with E-state index in [2.05, 4.69) is 5.32 Å². The Labute approximate surface area is 197 Å². The Balaban J connectivity index is 2.04. The highest BCUT2D eigenvalue weighted by molar-refractivity contribution is 7.99. The van der Waals surface area contributed by atoms with Gasteiger partial charge in [0.05, 0.1) is 21.3 Å². The van der Waals surface area contributed by atoms with Crippen LogP contribution < -0.4 is 19.5 Å². The smallest absolute Gasteiger partial charge is 0.256 e. The summed E-state index contributed by atoms with van der Waals surface area (Å²) in [5.41, 5.74) is 1.03. The Morgan fingerprint density at radius 1 is 1.12 bits per heavy atom. The topological polar surface area (TPSA) is 77.1 Å². The summed E-state index contributed by atoms with van der Waals surface area (Å²) in [6.45, 7) is 3.90. The first-order valence-corrected chi connectivity index (χ1v) is 11.7. The summed E-state index contributed by atoms with van der Waals surface area (Å²) in [4.78, 5) is 28.5. The fraction of sp³-hybridized carbons (Fsp3) is 0.417. The second-order valence-corrected chi connectivity index (χ2v) is 8.81. The van der Waals surface area contributed by atoms with Crippen LogP contribution >= 0.6 is 11.8 Å². The van der Waals surface area contributed by atoms with E-state index in [-0.39, 0.29) is 23.7 Å². The second kappa shape index (κ2) is 10.8. The van der Waals surface area contributed by atoms with E-state index in [9.17, 15) is 14.0 Å².